The molecule has 2 aromatic rings. The number of urea groups is 1. The van der Waals surface area contributed by atoms with Crippen LogP contribution in [-0.4, -0.2) is 30.6 Å². The van der Waals surface area contributed by atoms with Crippen molar-refractivity contribution in [1.82, 2.24) is 5.32 Å². The van der Waals surface area contributed by atoms with E-state index in [-0.39, 0.29) is 11.7 Å². The maximum Gasteiger partial charge on any atom is 0.335 e. The first-order valence-electron chi connectivity index (χ1n) is 10.0. The Morgan fingerprint density at radius 1 is 1.06 bits per heavy atom. The van der Waals surface area contributed by atoms with E-state index in [0.717, 1.165) is 15.8 Å². The van der Waals surface area contributed by atoms with Gasteiger partial charge in [-0.15, -0.1) is 0 Å². The Bertz CT molecular complexity index is 1080. The van der Waals surface area contributed by atoms with Gasteiger partial charge in [-0.05, 0) is 68.3 Å². The molecule has 1 atom stereocenters. The first kappa shape index (κ1) is 24.0. The molecule has 2 aromatic carbocycles. The van der Waals surface area contributed by atoms with Crippen molar-refractivity contribution in [3.8, 4) is 11.5 Å². The third-order valence-electron chi connectivity index (χ3n) is 4.75. The summed E-state index contributed by atoms with van der Waals surface area (Å²) in [5.74, 6) is -0.433. The molecule has 0 unspecified atom stereocenters. The summed E-state index contributed by atoms with van der Waals surface area (Å²) in [6.07, 6.45) is 2.24. The summed E-state index contributed by atoms with van der Waals surface area (Å²) in [7, 11) is 0. The molecule has 0 saturated carbocycles. The number of anilines is 1. The highest BCUT2D eigenvalue weighted by molar-refractivity contribution is 9.10. The van der Waals surface area contributed by atoms with Crippen LogP contribution in [0.25, 0.3) is 6.08 Å². The molecule has 1 heterocycles. The van der Waals surface area contributed by atoms with Gasteiger partial charge in [0, 0.05) is 8.95 Å². The fraction of sp³-hybridized carbons (Fsp3) is 0.261. The molecule has 3 rings (SSSR count). The lowest BCUT2D eigenvalue weighted by Crippen LogP contribution is -2.54. The number of hydrogen-bond acceptors (Lipinski definition) is 5. The zero-order valence-electron chi connectivity index (χ0n) is 17.8. The van der Waals surface area contributed by atoms with E-state index in [1.54, 1.807) is 36.4 Å². The topological polar surface area (TPSA) is 84.9 Å². The van der Waals surface area contributed by atoms with Crippen LogP contribution in [0.4, 0.5) is 10.5 Å². The van der Waals surface area contributed by atoms with E-state index >= 15 is 0 Å². The van der Waals surface area contributed by atoms with Crippen molar-refractivity contribution in [3.63, 3.8) is 0 Å². The minimum Gasteiger partial charge on any atom is -0.490 e. The SMILES string of the molecule is CCOc1cc(/C=C2\C(=O)NC(=O)N(c3ccc(Br)cc3)C2=O)c(Br)cc1O[C@@H](C)CC. The van der Waals surface area contributed by atoms with Gasteiger partial charge in [-0.3, -0.25) is 14.9 Å². The van der Waals surface area contributed by atoms with Gasteiger partial charge in [0.15, 0.2) is 11.5 Å². The summed E-state index contributed by atoms with van der Waals surface area (Å²) in [5.41, 5.74) is 0.709. The zero-order valence-corrected chi connectivity index (χ0v) is 20.9. The monoisotopic (exact) mass is 564 g/mol. The van der Waals surface area contributed by atoms with Gasteiger partial charge in [0.25, 0.3) is 11.8 Å². The molecule has 9 heteroatoms. The van der Waals surface area contributed by atoms with Crippen LogP contribution < -0.4 is 19.7 Å². The summed E-state index contributed by atoms with van der Waals surface area (Å²) in [5, 5.41) is 2.22. The molecule has 7 nitrogen and oxygen atoms in total. The molecule has 1 saturated heterocycles. The number of halogens is 2. The molecule has 1 N–H and O–H groups in total. The lowest BCUT2D eigenvalue weighted by molar-refractivity contribution is -0.122. The molecule has 1 fully saturated rings. The van der Waals surface area contributed by atoms with Crippen molar-refractivity contribution in [2.75, 3.05) is 11.5 Å². The highest BCUT2D eigenvalue weighted by Crippen LogP contribution is 2.36. The van der Waals surface area contributed by atoms with Gasteiger partial charge in [-0.1, -0.05) is 38.8 Å². The standard InChI is InChI=1S/C23H22Br2N2O5/c1-4-13(3)32-20-12-18(25)14(11-19(20)31-5-2)10-17-21(28)26-23(30)27(22(17)29)16-8-6-15(24)7-9-16/h6-13H,4-5H2,1-3H3,(H,26,28,30)/b17-10+/t13-/m0/s1. The Balaban J connectivity index is 2.02. The van der Waals surface area contributed by atoms with Crippen LogP contribution in [0.1, 0.15) is 32.8 Å². The molecular formula is C23H22Br2N2O5. The van der Waals surface area contributed by atoms with E-state index in [2.05, 4.69) is 37.2 Å². The Kier molecular flexibility index (Phi) is 7.73. The number of ether oxygens (including phenoxy) is 2. The van der Waals surface area contributed by atoms with Crippen LogP contribution in [0.15, 0.2) is 50.9 Å². The number of amides is 4. The highest BCUT2D eigenvalue weighted by atomic mass is 79.9. The largest absolute Gasteiger partial charge is 0.490 e. The summed E-state index contributed by atoms with van der Waals surface area (Å²) in [6, 6.07) is 9.27. The van der Waals surface area contributed by atoms with Crippen LogP contribution in [-0.2, 0) is 9.59 Å². The quantitative estimate of drug-likeness (QED) is 0.356. The molecule has 0 aliphatic carbocycles. The molecule has 4 amide bonds. The van der Waals surface area contributed by atoms with Gasteiger partial charge in [-0.2, -0.15) is 0 Å². The van der Waals surface area contributed by atoms with Crippen molar-refractivity contribution in [2.45, 2.75) is 33.3 Å². The van der Waals surface area contributed by atoms with E-state index < -0.39 is 17.8 Å². The van der Waals surface area contributed by atoms with Crippen molar-refractivity contribution in [1.29, 1.82) is 0 Å². The van der Waals surface area contributed by atoms with Gasteiger partial charge in [0.05, 0.1) is 18.4 Å². The number of carbonyl (C=O) groups excluding carboxylic acids is 3. The molecule has 32 heavy (non-hydrogen) atoms. The van der Waals surface area contributed by atoms with E-state index in [9.17, 15) is 14.4 Å². The minimum absolute atomic E-state index is 0.0125. The summed E-state index contributed by atoms with van der Waals surface area (Å²) in [6.45, 7) is 6.25. The fourth-order valence-electron chi connectivity index (χ4n) is 2.96. The van der Waals surface area contributed by atoms with Crippen LogP contribution in [0.5, 0.6) is 11.5 Å². The second kappa shape index (κ2) is 10.3. The second-order valence-electron chi connectivity index (χ2n) is 7.02. The van der Waals surface area contributed by atoms with E-state index in [0.29, 0.717) is 33.8 Å². The maximum atomic E-state index is 13.1. The fourth-order valence-corrected chi connectivity index (χ4v) is 3.66. The van der Waals surface area contributed by atoms with Gasteiger partial charge >= 0.3 is 6.03 Å². The van der Waals surface area contributed by atoms with Crippen LogP contribution in [0, 0.1) is 0 Å². The van der Waals surface area contributed by atoms with Crippen LogP contribution in [0.2, 0.25) is 0 Å². The lowest BCUT2D eigenvalue weighted by Gasteiger charge is -2.26. The van der Waals surface area contributed by atoms with E-state index in [1.807, 2.05) is 20.8 Å². The lowest BCUT2D eigenvalue weighted by atomic mass is 10.1. The molecule has 1 aliphatic rings. The average molecular weight is 566 g/mol. The van der Waals surface area contributed by atoms with Gasteiger partial charge in [0.1, 0.15) is 5.57 Å². The molecule has 1 aliphatic heterocycles. The molecule has 0 aromatic heterocycles. The Morgan fingerprint density at radius 3 is 2.38 bits per heavy atom. The van der Waals surface area contributed by atoms with Gasteiger partial charge in [-0.25, -0.2) is 9.69 Å². The van der Waals surface area contributed by atoms with Crippen LogP contribution in [0.3, 0.4) is 0 Å². The number of imide groups is 2. The first-order chi connectivity index (χ1) is 15.2. The molecule has 0 bridgehead atoms. The predicted molar refractivity (Wildman–Crippen MR) is 129 cm³/mol. The van der Waals surface area contributed by atoms with E-state index in [1.165, 1.54) is 6.08 Å². The molecule has 0 spiro atoms. The predicted octanol–water partition coefficient (Wildman–Crippen LogP) is 5.45. The van der Waals surface area contributed by atoms with Crippen molar-refractivity contribution >= 4 is 61.5 Å². The molecule has 168 valence electrons. The Labute approximate surface area is 203 Å². The minimum atomic E-state index is -0.800. The normalized spacial score (nSPS) is 16.2. The number of hydrogen-bond donors (Lipinski definition) is 1. The highest BCUT2D eigenvalue weighted by Gasteiger charge is 2.37. The number of benzene rings is 2. The second-order valence-corrected chi connectivity index (χ2v) is 8.79. The summed E-state index contributed by atoms with van der Waals surface area (Å²) in [4.78, 5) is 38.9. The zero-order chi connectivity index (χ0) is 23.4. The third-order valence-corrected chi connectivity index (χ3v) is 5.97. The molecular weight excluding hydrogens is 544 g/mol. The first-order valence-corrected chi connectivity index (χ1v) is 11.6. The van der Waals surface area contributed by atoms with Crippen molar-refractivity contribution in [3.05, 3.63) is 56.5 Å². The Morgan fingerprint density at radius 2 is 1.75 bits per heavy atom. The smallest absolute Gasteiger partial charge is 0.335 e. The Hall–Kier alpha value is -2.65. The van der Waals surface area contributed by atoms with Crippen molar-refractivity contribution in [2.24, 2.45) is 0 Å². The van der Waals surface area contributed by atoms with Gasteiger partial charge in [0.2, 0.25) is 0 Å². The molecule has 0 radical (unpaired) electrons. The number of nitrogens with zero attached hydrogens (tertiary/aromatic N) is 1. The van der Waals surface area contributed by atoms with Crippen LogP contribution >= 0.6 is 31.9 Å². The summed E-state index contributed by atoms with van der Waals surface area (Å²) < 4.78 is 13.1. The third kappa shape index (κ3) is 5.21. The average Bonchev–Trinajstić information content (AvgIpc) is 2.75. The maximum absolute atomic E-state index is 13.1. The summed E-state index contributed by atoms with van der Waals surface area (Å²) >= 11 is 6.80. The number of rotatable bonds is 7. The number of carbonyl (C=O) groups is 3. The van der Waals surface area contributed by atoms with Gasteiger partial charge < -0.3 is 9.47 Å². The number of barbiturate groups is 1. The van der Waals surface area contributed by atoms with E-state index in [4.69, 9.17) is 9.47 Å². The van der Waals surface area contributed by atoms with Crippen molar-refractivity contribution < 1.29 is 23.9 Å². The number of nitrogens with one attached hydrogen (secondary N) is 1.